The molecule has 2 amide bonds. The van der Waals surface area contributed by atoms with Crippen LogP contribution in [0.2, 0.25) is 10.0 Å². The van der Waals surface area contributed by atoms with Crippen molar-refractivity contribution in [3.8, 4) is 0 Å². The first-order valence-corrected chi connectivity index (χ1v) is 14.8. The molecule has 0 aliphatic heterocycles. The van der Waals surface area contributed by atoms with Gasteiger partial charge in [0.05, 0.1) is 11.9 Å². The van der Waals surface area contributed by atoms with Crippen molar-refractivity contribution >= 4 is 50.7 Å². The van der Waals surface area contributed by atoms with Crippen LogP contribution in [0.15, 0.2) is 72.8 Å². The number of carbonyl (C=O) groups excluding carboxylic acids is 2. The van der Waals surface area contributed by atoms with Crippen LogP contribution in [-0.2, 0) is 32.6 Å². The highest BCUT2D eigenvalue weighted by Crippen LogP contribution is 2.27. The molecule has 0 fully saturated rings. The number of nitrogens with one attached hydrogen (secondary N) is 1. The summed E-state index contributed by atoms with van der Waals surface area (Å²) in [5, 5.41) is 3.25. The van der Waals surface area contributed by atoms with Gasteiger partial charge in [-0.05, 0) is 55.3 Å². The minimum atomic E-state index is -3.96. The highest BCUT2D eigenvalue weighted by atomic mass is 35.5. The molecule has 0 bridgehead atoms. The Kier molecular flexibility index (Phi) is 10.4. The first-order chi connectivity index (χ1) is 18.3. The van der Waals surface area contributed by atoms with E-state index in [0.29, 0.717) is 5.56 Å². The van der Waals surface area contributed by atoms with Crippen molar-refractivity contribution in [3.05, 3.63) is 99.8 Å². The third-order valence-corrected chi connectivity index (χ3v) is 7.36. The van der Waals surface area contributed by atoms with Crippen LogP contribution in [0.1, 0.15) is 25.0 Å². The first-order valence-electron chi connectivity index (χ1n) is 12.2. The van der Waals surface area contributed by atoms with E-state index in [1.54, 1.807) is 13.8 Å². The first kappa shape index (κ1) is 30.4. The topological polar surface area (TPSA) is 86.8 Å². The van der Waals surface area contributed by atoms with Crippen molar-refractivity contribution in [2.24, 2.45) is 0 Å². The fourth-order valence-electron chi connectivity index (χ4n) is 4.02. The molecular formula is C28H30Cl2FN3O4S. The summed E-state index contributed by atoms with van der Waals surface area (Å²) in [6, 6.07) is 17.7. The maximum Gasteiger partial charge on any atom is 0.244 e. The molecule has 0 saturated carbocycles. The Bertz CT molecular complexity index is 1380. The summed E-state index contributed by atoms with van der Waals surface area (Å²) >= 11 is 12.2. The molecule has 39 heavy (non-hydrogen) atoms. The van der Waals surface area contributed by atoms with Crippen LogP contribution in [0.5, 0.6) is 0 Å². The monoisotopic (exact) mass is 593 g/mol. The fourth-order valence-corrected chi connectivity index (χ4v) is 5.37. The third kappa shape index (κ3) is 8.95. The van der Waals surface area contributed by atoms with Gasteiger partial charge in [0, 0.05) is 29.1 Å². The largest absolute Gasteiger partial charge is 0.352 e. The predicted octanol–water partition coefficient (Wildman–Crippen LogP) is 5.06. The molecule has 0 aromatic heterocycles. The number of rotatable bonds is 11. The molecule has 1 atom stereocenters. The Morgan fingerprint density at radius 3 is 2.05 bits per heavy atom. The Labute approximate surface area is 238 Å². The Morgan fingerprint density at radius 1 is 0.923 bits per heavy atom. The zero-order valence-corrected chi connectivity index (χ0v) is 24.1. The number of sulfonamides is 1. The molecule has 1 N–H and O–H groups in total. The van der Waals surface area contributed by atoms with Crippen molar-refractivity contribution in [2.45, 2.75) is 38.9 Å². The number of carbonyl (C=O) groups is 2. The molecule has 0 aliphatic carbocycles. The van der Waals surface area contributed by atoms with E-state index in [9.17, 15) is 22.4 Å². The molecule has 7 nitrogen and oxygen atoms in total. The van der Waals surface area contributed by atoms with E-state index in [2.05, 4.69) is 5.32 Å². The molecule has 0 unspecified atom stereocenters. The lowest BCUT2D eigenvalue weighted by molar-refractivity contribution is -0.140. The summed E-state index contributed by atoms with van der Waals surface area (Å²) in [6.07, 6.45) is 1.14. The van der Waals surface area contributed by atoms with Gasteiger partial charge in [-0.3, -0.25) is 13.9 Å². The summed E-state index contributed by atoms with van der Waals surface area (Å²) in [7, 11) is -3.96. The second-order valence-corrected chi connectivity index (χ2v) is 12.2. The zero-order chi connectivity index (χ0) is 28.7. The summed E-state index contributed by atoms with van der Waals surface area (Å²) in [5.41, 5.74) is 1.48. The molecule has 3 rings (SSSR count). The van der Waals surface area contributed by atoms with Gasteiger partial charge < -0.3 is 10.2 Å². The van der Waals surface area contributed by atoms with E-state index >= 15 is 0 Å². The van der Waals surface area contributed by atoms with Gasteiger partial charge in [-0.2, -0.15) is 0 Å². The van der Waals surface area contributed by atoms with Crippen LogP contribution in [0, 0.1) is 5.82 Å². The minimum Gasteiger partial charge on any atom is -0.352 e. The number of anilines is 1. The quantitative estimate of drug-likeness (QED) is 0.336. The van der Waals surface area contributed by atoms with E-state index in [4.69, 9.17) is 23.2 Å². The third-order valence-electron chi connectivity index (χ3n) is 5.78. The molecule has 0 heterocycles. The van der Waals surface area contributed by atoms with Crippen molar-refractivity contribution in [1.82, 2.24) is 10.2 Å². The van der Waals surface area contributed by atoms with E-state index in [-0.39, 0.29) is 34.7 Å². The van der Waals surface area contributed by atoms with Crippen molar-refractivity contribution in [1.29, 1.82) is 0 Å². The molecule has 0 spiro atoms. The van der Waals surface area contributed by atoms with Crippen LogP contribution in [0.4, 0.5) is 10.1 Å². The van der Waals surface area contributed by atoms with Crippen LogP contribution in [0.25, 0.3) is 0 Å². The van der Waals surface area contributed by atoms with Gasteiger partial charge >= 0.3 is 0 Å². The zero-order valence-electron chi connectivity index (χ0n) is 21.8. The highest BCUT2D eigenvalue weighted by Gasteiger charge is 2.33. The molecule has 0 radical (unpaired) electrons. The second-order valence-electron chi connectivity index (χ2n) is 9.41. The number of amides is 2. The van der Waals surface area contributed by atoms with Gasteiger partial charge in [0.15, 0.2) is 0 Å². The Hall–Kier alpha value is -3.14. The van der Waals surface area contributed by atoms with Gasteiger partial charge in [0.1, 0.15) is 18.4 Å². The molecular weight excluding hydrogens is 564 g/mol. The molecule has 3 aromatic rings. The van der Waals surface area contributed by atoms with Crippen LogP contribution in [-0.4, -0.2) is 50.0 Å². The average molecular weight is 595 g/mol. The molecule has 11 heteroatoms. The lowest BCUT2D eigenvalue weighted by atomic mass is 10.0. The average Bonchev–Trinajstić information content (AvgIpc) is 2.84. The second kappa shape index (κ2) is 13.3. The van der Waals surface area contributed by atoms with E-state index in [1.807, 2.05) is 30.3 Å². The minimum absolute atomic E-state index is 0.0595. The van der Waals surface area contributed by atoms with Gasteiger partial charge in [0.2, 0.25) is 21.8 Å². The van der Waals surface area contributed by atoms with Gasteiger partial charge in [-0.25, -0.2) is 12.8 Å². The molecule has 208 valence electrons. The maximum absolute atomic E-state index is 13.9. The maximum atomic E-state index is 13.9. The van der Waals surface area contributed by atoms with Crippen LogP contribution < -0.4 is 9.62 Å². The van der Waals surface area contributed by atoms with Crippen molar-refractivity contribution in [2.75, 3.05) is 17.1 Å². The van der Waals surface area contributed by atoms with Gasteiger partial charge in [0.25, 0.3) is 0 Å². The Balaban J connectivity index is 2.06. The lowest BCUT2D eigenvalue weighted by Gasteiger charge is -2.34. The highest BCUT2D eigenvalue weighted by molar-refractivity contribution is 7.92. The standard InChI is InChI=1S/C28H30Cl2FN3O4S/c1-19(2)32-28(36)26(13-20-7-5-4-6-8-20)33(17-21-9-11-24(31)12-10-21)27(35)18-34(39(3,37)38)25-15-22(29)14-23(30)16-25/h4-12,14-16,19,26H,13,17-18H2,1-3H3,(H,32,36)/t26-/m0/s1. The summed E-state index contributed by atoms with van der Waals surface area (Å²) in [6.45, 7) is 2.93. The van der Waals surface area contributed by atoms with Crippen molar-refractivity contribution in [3.63, 3.8) is 0 Å². The number of hydrogen-bond donors (Lipinski definition) is 1. The number of hydrogen-bond acceptors (Lipinski definition) is 4. The summed E-state index contributed by atoms with van der Waals surface area (Å²) in [5.74, 6) is -1.49. The van der Waals surface area contributed by atoms with E-state index < -0.39 is 40.2 Å². The van der Waals surface area contributed by atoms with Crippen LogP contribution >= 0.6 is 23.2 Å². The van der Waals surface area contributed by atoms with Crippen molar-refractivity contribution < 1.29 is 22.4 Å². The smallest absolute Gasteiger partial charge is 0.244 e. The molecule has 3 aromatic carbocycles. The van der Waals surface area contributed by atoms with Gasteiger partial charge in [-0.1, -0.05) is 65.7 Å². The van der Waals surface area contributed by atoms with E-state index in [0.717, 1.165) is 16.1 Å². The number of nitrogens with zero attached hydrogens (tertiary/aromatic N) is 2. The SMILES string of the molecule is CC(C)NC(=O)[C@H](Cc1ccccc1)N(Cc1ccc(F)cc1)C(=O)CN(c1cc(Cl)cc(Cl)c1)S(C)(=O)=O. The number of benzene rings is 3. The lowest BCUT2D eigenvalue weighted by Crippen LogP contribution is -2.54. The molecule has 0 aliphatic rings. The normalized spacial score (nSPS) is 12.2. The molecule has 0 saturated heterocycles. The summed E-state index contributed by atoms with van der Waals surface area (Å²) < 4.78 is 40.1. The Morgan fingerprint density at radius 2 is 1.51 bits per heavy atom. The van der Waals surface area contributed by atoms with E-state index in [1.165, 1.54) is 47.4 Å². The van der Waals surface area contributed by atoms with Crippen LogP contribution in [0.3, 0.4) is 0 Å². The predicted molar refractivity (Wildman–Crippen MR) is 153 cm³/mol. The van der Waals surface area contributed by atoms with Gasteiger partial charge in [-0.15, -0.1) is 0 Å². The number of halogens is 3. The summed E-state index contributed by atoms with van der Waals surface area (Å²) in [4.78, 5) is 28.7. The fraction of sp³-hybridized carbons (Fsp3) is 0.286.